The Morgan fingerprint density at radius 1 is 1.24 bits per heavy atom. The van der Waals surface area contributed by atoms with Gasteiger partial charge in [0.15, 0.2) is 5.96 Å². The molecule has 0 bridgehead atoms. The number of aliphatic imine (C=N–C) groups is 1. The second-order valence-electron chi connectivity index (χ2n) is 7.94. The molecule has 0 spiro atoms. The average molecular weight is 395 g/mol. The van der Waals surface area contributed by atoms with Gasteiger partial charge < -0.3 is 15.5 Å². The standard InChI is InChI=1S/C22H30N6O/c1-23-22(24-15-17-6-4-9-20(14-17)28-12-5-11-25-28)26-19-10-13-27(16-19)21(29)18-7-2-3-8-18/h4-6,9,11-12,14,18-19H,2-3,7-8,10,13,15-16H2,1H3,(H2,23,24,26). The summed E-state index contributed by atoms with van der Waals surface area (Å²) in [6.07, 6.45) is 9.20. The monoisotopic (exact) mass is 394 g/mol. The van der Waals surface area contributed by atoms with Crippen molar-refractivity contribution in [3.8, 4) is 5.69 Å². The fourth-order valence-electron chi connectivity index (χ4n) is 4.31. The Bertz CT molecular complexity index is 841. The molecular weight excluding hydrogens is 364 g/mol. The SMILES string of the molecule is CN=C(NCc1cccc(-n2cccn2)c1)NC1CCN(C(=O)C2CCCC2)C1. The van der Waals surface area contributed by atoms with E-state index in [2.05, 4.69) is 32.9 Å². The predicted octanol–water partition coefficient (Wildman–Crippen LogP) is 2.33. The van der Waals surface area contributed by atoms with Crippen LogP contribution in [0.3, 0.4) is 0 Å². The smallest absolute Gasteiger partial charge is 0.225 e. The van der Waals surface area contributed by atoms with E-state index in [1.807, 2.05) is 34.0 Å². The van der Waals surface area contributed by atoms with Gasteiger partial charge in [-0.15, -0.1) is 0 Å². The van der Waals surface area contributed by atoms with Gasteiger partial charge in [-0.05, 0) is 43.0 Å². The fourth-order valence-corrected chi connectivity index (χ4v) is 4.31. The van der Waals surface area contributed by atoms with Gasteiger partial charge in [0, 0.05) is 51.0 Å². The highest BCUT2D eigenvalue weighted by Gasteiger charge is 2.32. The fraction of sp³-hybridized carbons (Fsp3) is 0.500. The molecule has 2 fully saturated rings. The third-order valence-corrected chi connectivity index (χ3v) is 5.91. The summed E-state index contributed by atoms with van der Waals surface area (Å²) in [5.74, 6) is 1.38. The number of amides is 1. The summed E-state index contributed by atoms with van der Waals surface area (Å²) < 4.78 is 1.85. The largest absolute Gasteiger partial charge is 0.352 e. The van der Waals surface area contributed by atoms with Crippen LogP contribution in [-0.2, 0) is 11.3 Å². The van der Waals surface area contributed by atoms with E-state index in [4.69, 9.17) is 0 Å². The molecule has 0 radical (unpaired) electrons. The lowest BCUT2D eigenvalue weighted by Gasteiger charge is -2.21. The highest BCUT2D eigenvalue weighted by molar-refractivity contribution is 5.81. The van der Waals surface area contributed by atoms with Crippen molar-refractivity contribution in [2.24, 2.45) is 10.9 Å². The molecule has 2 heterocycles. The van der Waals surface area contributed by atoms with Crippen LogP contribution >= 0.6 is 0 Å². The number of rotatable bonds is 5. The molecule has 1 aliphatic heterocycles. The van der Waals surface area contributed by atoms with Gasteiger partial charge in [-0.2, -0.15) is 5.10 Å². The number of nitrogens with one attached hydrogen (secondary N) is 2. The van der Waals surface area contributed by atoms with Gasteiger partial charge in [0.25, 0.3) is 0 Å². The number of likely N-dealkylation sites (tertiary alicyclic amines) is 1. The van der Waals surface area contributed by atoms with Crippen LogP contribution in [0.4, 0.5) is 0 Å². The molecule has 7 nitrogen and oxygen atoms in total. The molecule has 29 heavy (non-hydrogen) atoms. The third kappa shape index (κ3) is 4.78. The molecule has 7 heteroatoms. The maximum Gasteiger partial charge on any atom is 0.225 e. The molecule has 1 atom stereocenters. The van der Waals surface area contributed by atoms with E-state index in [1.165, 1.54) is 12.8 Å². The lowest BCUT2D eigenvalue weighted by molar-refractivity contribution is -0.134. The van der Waals surface area contributed by atoms with Gasteiger partial charge in [0.1, 0.15) is 0 Å². The molecule has 1 saturated carbocycles. The number of carbonyl (C=O) groups excluding carboxylic acids is 1. The Kier molecular flexibility index (Phi) is 6.12. The van der Waals surface area contributed by atoms with Crippen LogP contribution in [0.2, 0.25) is 0 Å². The second kappa shape index (κ2) is 9.11. The Hall–Kier alpha value is -2.83. The summed E-state index contributed by atoms with van der Waals surface area (Å²) in [4.78, 5) is 19.0. The maximum atomic E-state index is 12.6. The molecule has 1 amide bonds. The first-order valence-electron chi connectivity index (χ1n) is 10.6. The summed E-state index contributed by atoms with van der Waals surface area (Å²) >= 11 is 0. The summed E-state index contributed by atoms with van der Waals surface area (Å²) in [6, 6.07) is 10.4. The summed E-state index contributed by atoms with van der Waals surface area (Å²) in [5, 5.41) is 11.2. The number of benzene rings is 1. The van der Waals surface area contributed by atoms with Crippen molar-refractivity contribution in [3.63, 3.8) is 0 Å². The van der Waals surface area contributed by atoms with E-state index in [0.29, 0.717) is 12.5 Å². The van der Waals surface area contributed by atoms with Gasteiger partial charge >= 0.3 is 0 Å². The number of nitrogens with zero attached hydrogens (tertiary/aromatic N) is 4. The summed E-state index contributed by atoms with van der Waals surface area (Å²) in [6.45, 7) is 2.28. The number of carbonyl (C=O) groups is 1. The van der Waals surface area contributed by atoms with Crippen molar-refractivity contribution < 1.29 is 4.79 Å². The molecule has 2 N–H and O–H groups in total. The van der Waals surface area contributed by atoms with Crippen molar-refractivity contribution in [2.45, 2.75) is 44.7 Å². The van der Waals surface area contributed by atoms with Crippen molar-refractivity contribution in [1.29, 1.82) is 0 Å². The zero-order valence-corrected chi connectivity index (χ0v) is 17.1. The minimum atomic E-state index is 0.252. The molecule has 1 aromatic carbocycles. The van der Waals surface area contributed by atoms with Crippen LogP contribution in [0.25, 0.3) is 5.69 Å². The van der Waals surface area contributed by atoms with Crippen molar-refractivity contribution in [1.82, 2.24) is 25.3 Å². The van der Waals surface area contributed by atoms with Crippen LogP contribution < -0.4 is 10.6 Å². The first-order valence-corrected chi connectivity index (χ1v) is 10.6. The quantitative estimate of drug-likeness (QED) is 0.603. The van der Waals surface area contributed by atoms with Crippen LogP contribution in [0.15, 0.2) is 47.7 Å². The van der Waals surface area contributed by atoms with E-state index in [-0.39, 0.29) is 12.0 Å². The zero-order chi connectivity index (χ0) is 20.1. The van der Waals surface area contributed by atoms with Gasteiger partial charge in [0.2, 0.25) is 5.91 Å². The minimum absolute atomic E-state index is 0.252. The van der Waals surface area contributed by atoms with Gasteiger partial charge in [-0.25, -0.2) is 4.68 Å². The predicted molar refractivity (Wildman–Crippen MR) is 114 cm³/mol. The topological polar surface area (TPSA) is 74.6 Å². The molecule has 154 valence electrons. The van der Waals surface area contributed by atoms with E-state index >= 15 is 0 Å². The Morgan fingerprint density at radius 3 is 2.86 bits per heavy atom. The highest BCUT2D eigenvalue weighted by Crippen LogP contribution is 2.27. The van der Waals surface area contributed by atoms with Gasteiger partial charge in [0.05, 0.1) is 5.69 Å². The van der Waals surface area contributed by atoms with Gasteiger partial charge in [-0.1, -0.05) is 25.0 Å². The molecule has 4 rings (SSSR count). The van der Waals surface area contributed by atoms with Crippen molar-refractivity contribution in [2.75, 3.05) is 20.1 Å². The van der Waals surface area contributed by atoms with Crippen LogP contribution in [-0.4, -0.2) is 52.7 Å². The second-order valence-corrected chi connectivity index (χ2v) is 7.94. The number of aromatic nitrogens is 2. The highest BCUT2D eigenvalue weighted by atomic mass is 16.2. The molecular formula is C22H30N6O. The summed E-state index contributed by atoms with van der Waals surface area (Å²) in [5.41, 5.74) is 2.19. The van der Waals surface area contributed by atoms with Crippen molar-refractivity contribution >= 4 is 11.9 Å². The molecule has 1 aliphatic carbocycles. The first-order chi connectivity index (χ1) is 14.2. The number of hydrogen-bond acceptors (Lipinski definition) is 3. The lowest BCUT2D eigenvalue weighted by atomic mass is 10.1. The van der Waals surface area contributed by atoms with Gasteiger partial charge in [-0.3, -0.25) is 9.79 Å². The molecule has 1 unspecified atom stereocenters. The van der Waals surface area contributed by atoms with Crippen molar-refractivity contribution in [3.05, 3.63) is 48.3 Å². The maximum absolute atomic E-state index is 12.6. The number of guanidine groups is 1. The summed E-state index contributed by atoms with van der Waals surface area (Å²) in [7, 11) is 1.78. The van der Waals surface area contributed by atoms with Crippen LogP contribution in [0, 0.1) is 5.92 Å². The normalized spacial score (nSPS) is 20.2. The van der Waals surface area contributed by atoms with E-state index < -0.39 is 0 Å². The van der Waals surface area contributed by atoms with E-state index in [9.17, 15) is 4.79 Å². The molecule has 2 aromatic rings. The average Bonchev–Trinajstić information content (AvgIpc) is 3.53. The third-order valence-electron chi connectivity index (χ3n) is 5.91. The Morgan fingerprint density at radius 2 is 2.10 bits per heavy atom. The Balaban J connectivity index is 1.28. The minimum Gasteiger partial charge on any atom is -0.352 e. The molecule has 1 aromatic heterocycles. The lowest BCUT2D eigenvalue weighted by Crippen LogP contribution is -2.45. The Labute approximate surface area is 172 Å². The zero-order valence-electron chi connectivity index (χ0n) is 17.1. The van der Waals surface area contributed by atoms with Crippen LogP contribution in [0.5, 0.6) is 0 Å². The first kappa shape index (κ1) is 19.5. The van der Waals surface area contributed by atoms with E-state index in [1.54, 1.807) is 13.2 Å². The number of hydrogen-bond donors (Lipinski definition) is 2. The van der Waals surface area contributed by atoms with Crippen LogP contribution in [0.1, 0.15) is 37.7 Å². The molecule has 2 aliphatic rings. The molecule has 1 saturated heterocycles. The van der Waals surface area contributed by atoms with E-state index in [0.717, 1.165) is 49.6 Å².